The topological polar surface area (TPSA) is 366 Å². The number of benzene rings is 1. The van der Waals surface area contributed by atoms with Crippen molar-refractivity contribution in [2.45, 2.75) is 196 Å². The molecule has 22 saturated heterocycles. The van der Waals surface area contributed by atoms with E-state index >= 15 is 0 Å². The van der Waals surface area contributed by atoms with Crippen molar-refractivity contribution < 1.29 is 201 Å². The van der Waals surface area contributed by atoms with Crippen molar-refractivity contribution in [1.29, 1.82) is 0 Å². The molecule has 0 aliphatic carbocycles. The second kappa shape index (κ2) is 32.9. The minimum atomic E-state index is -5.28. The Morgan fingerprint density at radius 1 is 0.330 bits per heavy atom. The van der Waals surface area contributed by atoms with E-state index in [-0.39, 0.29) is 0 Å². The Bertz CT molecular complexity index is 3580. The number of hydrogen-bond donors (Lipinski definition) is 5. The lowest BCUT2D eigenvalue weighted by Crippen LogP contribution is -2.70. The number of hydrogen-bond acceptors (Lipinski definition) is 32. The van der Waals surface area contributed by atoms with Crippen molar-refractivity contribution in [1.82, 2.24) is 0 Å². The van der Waals surface area contributed by atoms with E-state index in [0.29, 0.717) is 5.56 Å². The average molecular weight is 1330 g/mol. The third kappa shape index (κ3) is 14.7. The number of aliphatic hydroxyl groups is 5. The Morgan fingerprint density at radius 3 is 0.750 bits per heavy atom. The van der Waals surface area contributed by atoms with Crippen molar-refractivity contribution in [3.05, 3.63) is 29.8 Å². The van der Waals surface area contributed by atoms with Gasteiger partial charge in [0.15, 0.2) is 37.7 Å². The molecular formula is C55H90O32S. The fraction of sp³-hybridized carbons (Fsp3) is 0.891. The molecule has 22 aliphatic rings. The summed E-state index contributed by atoms with van der Waals surface area (Å²) in [6.07, 6.45) is -85.2. The number of ether oxygens (including phenoxy) is 24. The molecule has 0 aromatic heterocycles. The molecule has 32 nitrogen and oxygen atoms in total. The molecule has 0 unspecified atom stereocenters. The van der Waals surface area contributed by atoms with Gasteiger partial charge in [-0.1, -0.05) is 17.7 Å². The fourth-order valence-corrected chi connectivity index (χ4v) is 12.1. The summed E-state index contributed by atoms with van der Waals surface area (Å²) in [5.74, 6) is 0. The summed E-state index contributed by atoms with van der Waals surface area (Å²) < 4.78 is 475. The molecular weight excluding hydrogens is 1200 g/mol. The van der Waals surface area contributed by atoms with Crippen LogP contribution in [0.25, 0.3) is 0 Å². The number of rotatable bonds is 21. The third-order valence-electron chi connectivity index (χ3n) is 15.5. The summed E-state index contributed by atoms with van der Waals surface area (Å²) in [4.78, 5) is -0.696. The standard InChI is InChI=1S/C55H90O32S/c1-24-14-16-25(17-15-24)88(61,62)75-23-31-37-43(68-7)49(74-13)55(81-31)86-36-30(22-60)79-53(47(72-11)42(36)67-6)84-34-28(20-58)77-51(45(70-9)40(34)65-4)82-32-26(18-56)76-50(44(69-8)38(32)63-2)83-33-27(19-57)78-52(46(71-10)39(33)64-3)85-35-29(21-59)80-54(87-37)48(73-12)41(35)66-5/h14-17,26-60H,18-23H2,1-13H3/t26-,27-,28-,29-,30-,31-,32-,33-,34-,35-,36-,37-,38+,39+,40+,41+,42+,43+,44-,45-,46-,47-,48-,49-,50-,51-,52-,53-,54-,55-/m1/s1/i2D3,3D3,4D3,5D3,6D3,7D3,8D3,9D3,10D3,11D3,12D3,13D3. The van der Waals surface area contributed by atoms with Crippen LogP contribution in [0.3, 0.4) is 0 Å². The smallest absolute Gasteiger partial charge is 0.297 e. The van der Waals surface area contributed by atoms with Gasteiger partial charge in [-0.15, -0.1) is 0 Å². The second-order valence-corrected chi connectivity index (χ2v) is 21.9. The molecule has 0 saturated carbocycles. The summed E-state index contributed by atoms with van der Waals surface area (Å²) in [5, 5.41) is 57.1. The summed E-state index contributed by atoms with van der Waals surface area (Å²) in [7, 11) is -53.1. The van der Waals surface area contributed by atoms with E-state index in [4.69, 9.17) is 167 Å². The Labute approximate surface area is 561 Å². The second-order valence-electron chi connectivity index (χ2n) is 20.3. The van der Waals surface area contributed by atoms with Crippen LogP contribution in [-0.2, 0) is 128 Å². The molecule has 1 aromatic rings. The zero-order chi connectivity index (χ0) is 93.7. The Balaban J connectivity index is 1.49. The van der Waals surface area contributed by atoms with Gasteiger partial charge in [0.1, 0.15) is 146 Å². The first-order valence-corrected chi connectivity index (χ1v) is 27.7. The van der Waals surface area contributed by atoms with Crippen LogP contribution in [0.4, 0.5) is 0 Å². The van der Waals surface area contributed by atoms with Gasteiger partial charge in [0.25, 0.3) is 10.1 Å². The zero-order valence-electron chi connectivity index (χ0n) is 81.5. The lowest BCUT2D eigenvalue weighted by Gasteiger charge is -2.53. The average Bonchev–Trinajstić information content (AvgIpc) is 0.745. The molecule has 88 heavy (non-hydrogen) atoms. The summed E-state index contributed by atoms with van der Waals surface area (Å²) in [5.41, 5.74) is 0.436. The van der Waals surface area contributed by atoms with Gasteiger partial charge in [-0.2, -0.15) is 8.42 Å². The van der Waals surface area contributed by atoms with Gasteiger partial charge in [-0.05, 0) is 19.1 Å². The predicted octanol–water partition coefficient (Wildman–Crippen LogP) is -3.48. The van der Waals surface area contributed by atoms with Crippen molar-refractivity contribution >= 4 is 10.1 Å². The van der Waals surface area contributed by atoms with E-state index in [9.17, 15) is 34.0 Å². The van der Waals surface area contributed by atoms with Crippen LogP contribution in [-0.4, -0.2) is 342 Å². The maximum atomic E-state index is 14.4. The van der Waals surface area contributed by atoms with Gasteiger partial charge in [-0.3, -0.25) is 4.18 Å². The summed E-state index contributed by atoms with van der Waals surface area (Å²) in [6, 6.07) is 4.44. The van der Waals surface area contributed by atoms with E-state index in [2.05, 4.69) is 0 Å². The van der Waals surface area contributed by atoms with Crippen LogP contribution in [0.15, 0.2) is 29.2 Å². The highest BCUT2D eigenvalue weighted by Crippen LogP contribution is 2.42. The van der Waals surface area contributed by atoms with Crippen molar-refractivity contribution in [3.8, 4) is 0 Å². The molecule has 508 valence electrons. The largest absolute Gasteiger partial charge is 0.394 e. The molecule has 22 aliphatic heterocycles. The van der Waals surface area contributed by atoms with Crippen molar-refractivity contribution in [2.24, 2.45) is 0 Å². The molecule has 23 rings (SSSR count). The van der Waals surface area contributed by atoms with E-state index in [1.54, 1.807) is 0 Å². The van der Waals surface area contributed by atoms with Gasteiger partial charge < -0.3 is 139 Å². The van der Waals surface area contributed by atoms with E-state index in [0.717, 1.165) is 12.1 Å². The molecule has 1 aromatic carbocycles. The Hall–Kier alpha value is -2.03. The fourth-order valence-electron chi connectivity index (χ4n) is 11.2. The van der Waals surface area contributed by atoms with Crippen LogP contribution in [0.1, 0.15) is 54.9 Å². The van der Waals surface area contributed by atoms with Gasteiger partial charge in [0.2, 0.25) is 0 Å². The minimum absolute atomic E-state index is 0.436. The predicted molar refractivity (Wildman–Crippen MR) is 291 cm³/mol. The quantitative estimate of drug-likeness (QED) is 0.0746. The number of aliphatic hydroxyl groups excluding tert-OH is 5. The van der Waals surface area contributed by atoms with Gasteiger partial charge in [0, 0.05) is 84.5 Å². The monoisotopic (exact) mass is 1330 g/mol. The summed E-state index contributed by atoms with van der Waals surface area (Å²) in [6.45, 7) is -8.47. The summed E-state index contributed by atoms with van der Waals surface area (Å²) >= 11 is 0. The van der Waals surface area contributed by atoms with Crippen LogP contribution < -0.4 is 0 Å². The first-order valence-electron chi connectivity index (χ1n) is 44.3. The molecule has 22 heterocycles. The molecule has 22 fully saturated rings. The molecule has 0 radical (unpaired) electrons. The van der Waals surface area contributed by atoms with Gasteiger partial charge in [-0.25, -0.2) is 0 Å². The maximum absolute atomic E-state index is 14.4. The highest BCUT2D eigenvalue weighted by molar-refractivity contribution is 7.86. The first kappa shape index (κ1) is 37.3. The molecule has 0 spiro atoms. The van der Waals surface area contributed by atoms with Crippen LogP contribution in [0.2, 0.25) is 0 Å². The minimum Gasteiger partial charge on any atom is -0.394 e. The normalized spacial score (nSPS) is 52.4. The maximum Gasteiger partial charge on any atom is 0.297 e. The lowest BCUT2D eigenvalue weighted by atomic mass is 9.94. The number of methoxy groups -OCH3 is 12. The van der Waals surface area contributed by atoms with Crippen molar-refractivity contribution in [2.75, 3.05) is 124 Å². The third-order valence-corrected chi connectivity index (χ3v) is 16.8. The first-order chi connectivity index (χ1) is 56.3. The van der Waals surface area contributed by atoms with Crippen LogP contribution in [0.5, 0.6) is 0 Å². The lowest BCUT2D eigenvalue weighted by molar-refractivity contribution is -0.409. The van der Waals surface area contributed by atoms with Crippen LogP contribution in [0, 0.1) is 6.92 Å². The molecule has 12 bridgehead atoms. The Kier molecular flexibility index (Phi) is 13.9. The van der Waals surface area contributed by atoms with Crippen LogP contribution >= 0.6 is 0 Å². The van der Waals surface area contributed by atoms with Gasteiger partial charge >= 0.3 is 0 Å². The van der Waals surface area contributed by atoms with E-state index in [1.165, 1.54) is 19.1 Å². The van der Waals surface area contributed by atoms with Gasteiger partial charge in [0.05, 0.1) is 93.9 Å². The van der Waals surface area contributed by atoms with E-state index in [1.807, 2.05) is 0 Å². The molecule has 30 atom stereocenters. The number of aryl methyl sites for hydroxylation is 1. The zero-order valence-corrected chi connectivity index (χ0v) is 46.4. The highest BCUT2D eigenvalue weighted by atomic mass is 32.2. The Morgan fingerprint density at radius 2 is 0.534 bits per heavy atom. The van der Waals surface area contributed by atoms with E-state index < -0.39 is 323 Å². The SMILES string of the molecule is [2H]C([2H])([2H])O[C@@H]1[C@@H](OC([2H])([2H])[2H])[C@H]2O[C@H]3[C@H](OC([2H])([2H])[2H])[C@@H](OC([2H])([2H])[2H])[C@@H](O[C@H]4[C@H](OC([2H])([2H])[2H])[C@@H](OC([2H])([2H])[2H])[C@@H](O[C@H]5[C@H](OC([2H])([2H])[2H])[C@@H](OC([2H])([2H])[2H])[C@@H](O[C@H]6[C@H](OC([2H])([2H])[2H])[C@@H](OC([2H])([2H])[2H])[C@@H](O[C@H]7[C@H](OC([2H])([2H])[2H])[C@@H](OC([2H])([2H])[2H])[C@@H](O[C@@H]1[C@@H](CO)O2)O[C@@H]7CO)O[C@@H]6CO)O[C@@H]5COS(=O)(=O)c1ccc(C)cc1)O[C@@H]4CO)O[C@@H]3CO. The molecule has 33 heteroatoms. The molecule has 5 N–H and O–H groups in total. The molecule has 0 amide bonds. The highest BCUT2D eigenvalue weighted by Gasteiger charge is 2.61. The van der Waals surface area contributed by atoms with Crippen molar-refractivity contribution in [3.63, 3.8) is 0 Å².